The van der Waals surface area contributed by atoms with E-state index in [-0.39, 0.29) is 11.9 Å². The standard InChI is InChI=1S/C21H20N2O5S/c1-2-27-20(25)15-5-3-14(4-6-15)17-8-7-16(28-17)13-18-19(24)22-21(29-18)23-9-11-26-12-10-23/h3-8,13H,2,9-12H2,1H3/b18-13+. The van der Waals surface area contributed by atoms with E-state index in [1.165, 1.54) is 11.8 Å². The van der Waals surface area contributed by atoms with Gasteiger partial charge in [0.25, 0.3) is 5.91 Å². The maximum atomic E-state index is 12.2. The molecule has 2 aliphatic heterocycles. The third-order valence-electron chi connectivity index (χ3n) is 4.47. The predicted octanol–water partition coefficient (Wildman–Crippen LogP) is 3.43. The Hall–Kier alpha value is -2.84. The molecule has 1 saturated heterocycles. The van der Waals surface area contributed by atoms with Crippen molar-refractivity contribution in [3.8, 4) is 11.3 Å². The number of nitrogens with zero attached hydrogens (tertiary/aromatic N) is 2. The summed E-state index contributed by atoms with van der Waals surface area (Å²) in [5, 5.41) is 0.714. The fourth-order valence-corrected chi connectivity index (χ4v) is 3.93. The molecule has 4 rings (SSSR count). The van der Waals surface area contributed by atoms with Gasteiger partial charge in [0.1, 0.15) is 11.5 Å². The van der Waals surface area contributed by atoms with Crippen LogP contribution in [0.5, 0.6) is 0 Å². The van der Waals surface area contributed by atoms with Crippen molar-refractivity contribution in [1.29, 1.82) is 0 Å². The first-order valence-electron chi connectivity index (χ1n) is 9.36. The molecular weight excluding hydrogens is 392 g/mol. The number of amidine groups is 1. The van der Waals surface area contributed by atoms with Gasteiger partial charge in [-0.25, -0.2) is 4.79 Å². The van der Waals surface area contributed by atoms with Gasteiger partial charge in [0.05, 0.1) is 30.3 Å². The highest BCUT2D eigenvalue weighted by atomic mass is 32.2. The quantitative estimate of drug-likeness (QED) is 0.562. The SMILES string of the molecule is CCOC(=O)c1ccc(-c2ccc(/C=C3/SC(N4CCOCC4)=NC3=O)o2)cc1. The lowest BCUT2D eigenvalue weighted by molar-refractivity contribution is -0.113. The summed E-state index contributed by atoms with van der Waals surface area (Å²) < 4.78 is 16.2. The van der Waals surface area contributed by atoms with Gasteiger partial charge in [-0.1, -0.05) is 12.1 Å². The maximum Gasteiger partial charge on any atom is 0.338 e. The van der Waals surface area contributed by atoms with Crippen LogP contribution in [0.4, 0.5) is 0 Å². The zero-order valence-corrected chi connectivity index (χ0v) is 16.7. The Bertz CT molecular complexity index is 971. The van der Waals surface area contributed by atoms with Crippen LogP contribution in [-0.2, 0) is 14.3 Å². The van der Waals surface area contributed by atoms with E-state index in [1.807, 2.05) is 12.1 Å². The summed E-state index contributed by atoms with van der Waals surface area (Å²) in [6.07, 6.45) is 1.71. The van der Waals surface area contributed by atoms with Crippen LogP contribution < -0.4 is 0 Å². The molecule has 0 unspecified atom stereocenters. The molecule has 2 aromatic rings. The summed E-state index contributed by atoms with van der Waals surface area (Å²) in [6, 6.07) is 10.6. The van der Waals surface area contributed by atoms with Crippen molar-refractivity contribution < 1.29 is 23.5 Å². The second-order valence-electron chi connectivity index (χ2n) is 6.41. The van der Waals surface area contributed by atoms with Gasteiger partial charge in [-0.15, -0.1) is 0 Å². The van der Waals surface area contributed by atoms with Crippen LogP contribution in [0.1, 0.15) is 23.0 Å². The summed E-state index contributed by atoms with van der Waals surface area (Å²) in [7, 11) is 0. The molecule has 0 spiro atoms. The second-order valence-corrected chi connectivity index (χ2v) is 7.42. The van der Waals surface area contributed by atoms with Crippen molar-refractivity contribution in [3.63, 3.8) is 0 Å². The molecule has 0 aliphatic carbocycles. The molecule has 7 nitrogen and oxygen atoms in total. The van der Waals surface area contributed by atoms with Gasteiger partial charge in [-0.2, -0.15) is 4.99 Å². The third-order valence-corrected chi connectivity index (χ3v) is 5.52. The first-order chi connectivity index (χ1) is 14.1. The van der Waals surface area contributed by atoms with E-state index >= 15 is 0 Å². The highest BCUT2D eigenvalue weighted by molar-refractivity contribution is 8.18. The fraction of sp³-hybridized carbons (Fsp3) is 0.286. The van der Waals surface area contributed by atoms with E-state index in [2.05, 4.69) is 9.89 Å². The van der Waals surface area contributed by atoms with Gasteiger partial charge < -0.3 is 18.8 Å². The highest BCUT2D eigenvalue weighted by Crippen LogP contribution is 2.32. The first kappa shape index (κ1) is 19.5. The minimum atomic E-state index is -0.350. The molecule has 0 atom stereocenters. The number of aliphatic imine (C=N–C) groups is 1. The molecule has 0 N–H and O–H groups in total. The van der Waals surface area contributed by atoms with Gasteiger partial charge in [-0.05, 0) is 43.0 Å². The normalized spacial score (nSPS) is 18.2. The van der Waals surface area contributed by atoms with E-state index < -0.39 is 0 Å². The van der Waals surface area contributed by atoms with Gasteiger partial charge >= 0.3 is 5.97 Å². The number of ether oxygens (including phenoxy) is 2. The molecule has 0 radical (unpaired) electrons. The van der Waals surface area contributed by atoms with Crippen LogP contribution in [0.3, 0.4) is 0 Å². The summed E-state index contributed by atoms with van der Waals surface area (Å²) in [4.78, 5) is 30.7. The van der Waals surface area contributed by atoms with Crippen molar-refractivity contribution in [2.24, 2.45) is 4.99 Å². The Labute approximate surface area is 172 Å². The first-order valence-corrected chi connectivity index (χ1v) is 10.2. The zero-order valence-electron chi connectivity index (χ0n) is 15.9. The Morgan fingerprint density at radius 2 is 1.97 bits per heavy atom. The molecule has 0 saturated carbocycles. The maximum absolute atomic E-state index is 12.2. The number of thioether (sulfide) groups is 1. The molecule has 1 aromatic heterocycles. The smallest absolute Gasteiger partial charge is 0.338 e. The third kappa shape index (κ3) is 4.44. The fourth-order valence-electron chi connectivity index (χ4n) is 2.99. The van der Waals surface area contributed by atoms with E-state index in [0.717, 1.165) is 18.7 Å². The molecule has 8 heteroatoms. The van der Waals surface area contributed by atoms with E-state index in [9.17, 15) is 9.59 Å². The van der Waals surface area contributed by atoms with Crippen molar-refractivity contribution in [1.82, 2.24) is 4.90 Å². The summed E-state index contributed by atoms with van der Waals surface area (Å²) >= 11 is 1.36. The minimum Gasteiger partial charge on any atom is -0.462 e. The molecule has 2 aliphatic rings. The van der Waals surface area contributed by atoms with Gasteiger partial charge in [0.15, 0.2) is 5.17 Å². The second kappa shape index (κ2) is 8.67. The number of esters is 1. The van der Waals surface area contributed by atoms with E-state index in [1.54, 1.807) is 37.3 Å². The van der Waals surface area contributed by atoms with Crippen LogP contribution in [-0.4, -0.2) is 54.9 Å². The van der Waals surface area contributed by atoms with Crippen LogP contribution in [0.15, 0.2) is 50.7 Å². The minimum absolute atomic E-state index is 0.256. The molecule has 29 heavy (non-hydrogen) atoms. The van der Waals surface area contributed by atoms with Gasteiger partial charge in [-0.3, -0.25) is 4.79 Å². The van der Waals surface area contributed by atoms with Gasteiger partial charge in [0, 0.05) is 24.7 Å². The average molecular weight is 412 g/mol. The van der Waals surface area contributed by atoms with E-state index in [4.69, 9.17) is 13.9 Å². The summed E-state index contributed by atoms with van der Waals surface area (Å²) in [5.41, 5.74) is 1.32. The Kier molecular flexibility index (Phi) is 5.82. The Morgan fingerprint density at radius 1 is 1.21 bits per heavy atom. The lowest BCUT2D eigenvalue weighted by Crippen LogP contribution is -2.38. The number of morpholine rings is 1. The number of hydrogen-bond donors (Lipinski definition) is 0. The number of hydrogen-bond acceptors (Lipinski definition) is 7. The number of carbonyl (C=O) groups is 2. The molecular formula is C21H20N2O5S. The van der Waals surface area contributed by atoms with Crippen LogP contribution >= 0.6 is 11.8 Å². The van der Waals surface area contributed by atoms with Gasteiger partial charge in [0.2, 0.25) is 0 Å². The topological polar surface area (TPSA) is 81.3 Å². The van der Waals surface area contributed by atoms with Crippen LogP contribution in [0.2, 0.25) is 0 Å². The molecule has 1 fully saturated rings. The number of benzene rings is 1. The predicted molar refractivity (Wildman–Crippen MR) is 111 cm³/mol. The average Bonchev–Trinajstić information content (AvgIpc) is 3.36. The zero-order chi connectivity index (χ0) is 20.2. The lowest BCUT2D eigenvalue weighted by atomic mass is 10.1. The largest absolute Gasteiger partial charge is 0.462 e. The molecule has 1 amide bonds. The van der Waals surface area contributed by atoms with Crippen LogP contribution in [0, 0.1) is 0 Å². The van der Waals surface area contributed by atoms with Crippen molar-refractivity contribution in [3.05, 3.63) is 52.6 Å². The summed E-state index contributed by atoms with van der Waals surface area (Å²) in [5.74, 6) is 0.616. The Morgan fingerprint density at radius 3 is 2.69 bits per heavy atom. The summed E-state index contributed by atoms with van der Waals surface area (Å²) in [6.45, 7) is 4.86. The number of furan rings is 1. The van der Waals surface area contributed by atoms with Crippen molar-refractivity contribution in [2.45, 2.75) is 6.92 Å². The van der Waals surface area contributed by atoms with E-state index in [0.29, 0.717) is 47.0 Å². The monoisotopic (exact) mass is 412 g/mol. The van der Waals surface area contributed by atoms with Crippen LogP contribution in [0.25, 0.3) is 17.4 Å². The lowest BCUT2D eigenvalue weighted by Gasteiger charge is -2.27. The van der Waals surface area contributed by atoms with Crippen molar-refractivity contribution in [2.75, 3.05) is 32.9 Å². The Balaban J connectivity index is 1.45. The molecule has 3 heterocycles. The highest BCUT2D eigenvalue weighted by Gasteiger charge is 2.27. The number of amides is 1. The molecule has 1 aromatic carbocycles. The molecule has 150 valence electrons. The molecule has 0 bridgehead atoms. The van der Waals surface area contributed by atoms with Crippen molar-refractivity contribution >= 4 is 34.9 Å². The number of carbonyl (C=O) groups excluding carboxylic acids is 2. The number of rotatable bonds is 4.